The lowest BCUT2D eigenvalue weighted by atomic mass is 9.83. The molecule has 2 amide bonds. The van der Waals surface area contributed by atoms with Gasteiger partial charge in [0, 0.05) is 49.8 Å². The summed E-state index contributed by atoms with van der Waals surface area (Å²) in [5.41, 5.74) is 2.25. The highest BCUT2D eigenvalue weighted by molar-refractivity contribution is 5.94. The molecule has 7 heteroatoms. The van der Waals surface area contributed by atoms with Crippen LogP contribution in [0.3, 0.4) is 0 Å². The monoisotopic (exact) mass is 388 g/mol. The third kappa shape index (κ3) is 3.56. The van der Waals surface area contributed by atoms with E-state index in [-0.39, 0.29) is 23.5 Å². The molecule has 3 heterocycles. The number of hydrogen-bond acceptors (Lipinski definition) is 4. The predicted octanol–water partition coefficient (Wildman–Crippen LogP) is 2.18. The van der Waals surface area contributed by atoms with Crippen molar-refractivity contribution in [2.24, 2.45) is 13.0 Å². The van der Waals surface area contributed by atoms with Crippen molar-refractivity contribution in [2.75, 3.05) is 13.1 Å². The van der Waals surface area contributed by atoms with E-state index in [2.05, 4.69) is 10.4 Å². The molecule has 1 saturated heterocycles. The molecule has 3 aliphatic rings. The van der Waals surface area contributed by atoms with Crippen molar-refractivity contribution in [3.05, 3.63) is 17.0 Å². The summed E-state index contributed by atoms with van der Waals surface area (Å²) in [6.45, 7) is 5.84. The molecule has 1 aliphatic carbocycles. The number of ether oxygens (including phenoxy) is 1. The Hall–Kier alpha value is -1.89. The van der Waals surface area contributed by atoms with Gasteiger partial charge in [-0.3, -0.25) is 14.3 Å². The quantitative estimate of drug-likeness (QED) is 0.861. The Labute approximate surface area is 166 Å². The van der Waals surface area contributed by atoms with Crippen LogP contribution in [0, 0.1) is 5.92 Å². The molecule has 4 rings (SSSR count). The Balaban J connectivity index is 1.44. The van der Waals surface area contributed by atoms with E-state index in [0.29, 0.717) is 18.2 Å². The van der Waals surface area contributed by atoms with Gasteiger partial charge >= 0.3 is 0 Å². The van der Waals surface area contributed by atoms with Crippen molar-refractivity contribution in [1.29, 1.82) is 0 Å². The molecule has 0 radical (unpaired) electrons. The van der Waals surface area contributed by atoms with Gasteiger partial charge in [0.1, 0.15) is 0 Å². The van der Waals surface area contributed by atoms with E-state index in [4.69, 9.17) is 4.74 Å². The number of nitrogens with zero attached hydrogens (tertiary/aromatic N) is 3. The van der Waals surface area contributed by atoms with E-state index in [0.717, 1.165) is 56.5 Å². The lowest BCUT2D eigenvalue weighted by Gasteiger charge is -2.44. The molecule has 1 saturated carbocycles. The molecule has 0 unspecified atom stereocenters. The first-order valence-corrected chi connectivity index (χ1v) is 10.7. The van der Waals surface area contributed by atoms with Gasteiger partial charge in [0.15, 0.2) is 5.69 Å². The number of carbonyl (C=O) groups is 2. The van der Waals surface area contributed by atoms with E-state index < -0.39 is 0 Å². The second-order valence-electron chi connectivity index (χ2n) is 8.98. The summed E-state index contributed by atoms with van der Waals surface area (Å²) in [4.78, 5) is 27.2. The molecular weight excluding hydrogens is 356 g/mol. The minimum Gasteiger partial charge on any atom is -0.370 e. The number of likely N-dealkylation sites (tertiary alicyclic amines) is 1. The molecule has 0 atom stereocenters. The number of rotatable bonds is 3. The van der Waals surface area contributed by atoms with Crippen molar-refractivity contribution >= 4 is 11.8 Å². The second kappa shape index (κ2) is 7.50. The van der Waals surface area contributed by atoms with Crippen molar-refractivity contribution in [2.45, 2.75) is 77.0 Å². The van der Waals surface area contributed by atoms with Gasteiger partial charge in [-0.25, -0.2) is 0 Å². The van der Waals surface area contributed by atoms with E-state index in [1.54, 1.807) is 0 Å². The van der Waals surface area contributed by atoms with E-state index >= 15 is 0 Å². The Morgan fingerprint density at radius 2 is 1.89 bits per heavy atom. The lowest BCUT2D eigenvalue weighted by Crippen LogP contribution is -2.51. The largest absolute Gasteiger partial charge is 0.370 e. The standard InChI is InChI=1S/C21H32N4O3/c1-14(2)22-19(26)18-16-13-28-21(12-17(16)24(3)23-18)8-10-25(11-9-21)20(27)15-6-4-5-7-15/h14-15H,4-13H2,1-3H3,(H,22,26). The summed E-state index contributed by atoms with van der Waals surface area (Å²) in [5.74, 6) is 0.451. The fourth-order valence-electron chi connectivity index (χ4n) is 4.96. The minimum absolute atomic E-state index is 0.0720. The van der Waals surface area contributed by atoms with Crippen LogP contribution in [-0.4, -0.2) is 51.2 Å². The summed E-state index contributed by atoms with van der Waals surface area (Å²) in [6.07, 6.45) is 6.94. The van der Waals surface area contributed by atoms with Crippen molar-refractivity contribution < 1.29 is 14.3 Å². The zero-order valence-electron chi connectivity index (χ0n) is 17.3. The number of carbonyl (C=O) groups excluding carboxylic acids is 2. The fourth-order valence-corrected chi connectivity index (χ4v) is 4.96. The molecule has 1 spiro atoms. The molecule has 28 heavy (non-hydrogen) atoms. The van der Waals surface area contributed by atoms with Gasteiger partial charge in [-0.15, -0.1) is 0 Å². The molecular formula is C21H32N4O3. The summed E-state index contributed by atoms with van der Waals surface area (Å²) in [6, 6.07) is 0.0720. The van der Waals surface area contributed by atoms with E-state index in [1.807, 2.05) is 30.5 Å². The number of nitrogens with one attached hydrogen (secondary N) is 1. The molecule has 2 fully saturated rings. The first-order chi connectivity index (χ1) is 13.4. The first-order valence-electron chi connectivity index (χ1n) is 10.7. The molecule has 7 nitrogen and oxygen atoms in total. The Morgan fingerprint density at radius 3 is 2.54 bits per heavy atom. The number of aryl methyl sites for hydroxylation is 1. The molecule has 1 N–H and O–H groups in total. The highest BCUT2D eigenvalue weighted by Crippen LogP contribution is 2.38. The predicted molar refractivity (Wildman–Crippen MR) is 105 cm³/mol. The Bertz CT molecular complexity index is 756. The molecule has 1 aromatic rings. The zero-order chi connectivity index (χ0) is 19.9. The number of aromatic nitrogens is 2. The molecule has 0 aromatic carbocycles. The van der Waals surface area contributed by atoms with Gasteiger partial charge in [0.25, 0.3) is 5.91 Å². The van der Waals surface area contributed by atoms with Gasteiger partial charge in [-0.05, 0) is 39.5 Å². The first kappa shape index (κ1) is 19.4. The van der Waals surface area contributed by atoms with Crippen LogP contribution in [0.25, 0.3) is 0 Å². The summed E-state index contributed by atoms with van der Waals surface area (Å²) < 4.78 is 8.16. The molecule has 1 aromatic heterocycles. The van der Waals surface area contributed by atoms with Crippen LogP contribution in [0.15, 0.2) is 0 Å². The highest BCUT2D eigenvalue weighted by atomic mass is 16.5. The van der Waals surface area contributed by atoms with Crippen LogP contribution in [0.4, 0.5) is 0 Å². The van der Waals surface area contributed by atoms with Crippen molar-refractivity contribution in [1.82, 2.24) is 20.0 Å². The third-order valence-corrected chi connectivity index (χ3v) is 6.61. The average molecular weight is 389 g/mol. The van der Waals surface area contributed by atoms with Gasteiger partial charge in [0.05, 0.1) is 12.2 Å². The normalized spacial score (nSPS) is 21.9. The van der Waals surface area contributed by atoms with Gasteiger partial charge in [0.2, 0.25) is 5.91 Å². The molecule has 2 aliphatic heterocycles. The van der Waals surface area contributed by atoms with Crippen LogP contribution in [0.5, 0.6) is 0 Å². The Kier molecular flexibility index (Phi) is 5.21. The summed E-state index contributed by atoms with van der Waals surface area (Å²) in [5, 5.41) is 7.40. The van der Waals surface area contributed by atoms with Gasteiger partial charge in [-0.1, -0.05) is 12.8 Å². The van der Waals surface area contributed by atoms with Crippen LogP contribution < -0.4 is 5.32 Å². The van der Waals surface area contributed by atoms with E-state index in [9.17, 15) is 9.59 Å². The number of fused-ring (bicyclic) bond motifs is 1. The minimum atomic E-state index is -0.237. The average Bonchev–Trinajstić information content (AvgIpc) is 3.30. The summed E-state index contributed by atoms with van der Waals surface area (Å²) in [7, 11) is 1.91. The van der Waals surface area contributed by atoms with Crippen molar-refractivity contribution in [3.8, 4) is 0 Å². The van der Waals surface area contributed by atoms with Crippen molar-refractivity contribution in [3.63, 3.8) is 0 Å². The van der Waals surface area contributed by atoms with Crippen LogP contribution in [0.2, 0.25) is 0 Å². The SMILES string of the molecule is CC(C)NC(=O)c1nn(C)c2c1COC1(CCN(C(=O)C3CCCC3)CC1)C2. The van der Waals surface area contributed by atoms with E-state index in [1.165, 1.54) is 12.8 Å². The van der Waals surface area contributed by atoms with Gasteiger partial charge in [-0.2, -0.15) is 5.10 Å². The molecule has 154 valence electrons. The highest BCUT2D eigenvalue weighted by Gasteiger charge is 2.43. The maximum Gasteiger partial charge on any atom is 0.272 e. The van der Waals surface area contributed by atoms with Crippen LogP contribution in [-0.2, 0) is 29.6 Å². The van der Waals surface area contributed by atoms with Crippen LogP contribution >= 0.6 is 0 Å². The number of amides is 2. The topological polar surface area (TPSA) is 76.5 Å². The maximum atomic E-state index is 12.7. The number of piperidine rings is 1. The number of hydrogen-bond donors (Lipinski definition) is 1. The second-order valence-corrected chi connectivity index (χ2v) is 8.98. The maximum absolute atomic E-state index is 12.7. The third-order valence-electron chi connectivity index (χ3n) is 6.61. The van der Waals surface area contributed by atoms with Crippen LogP contribution in [0.1, 0.15) is 74.1 Å². The molecule has 0 bridgehead atoms. The van der Waals surface area contributed by atoms with Gasteiger partial charge < -0.3 is 15.0 Å². The lowest BCUT2D eigenvalue weighted by molar-refractivity contribution is -0.145. The summed E-state index contributed by atoms with van der Waals surface area (Å²) >= 11 is 0. The Morgan fingerprint density at radius 1 is 1.21 bits per heavy atom. The fraction of sp³-hybridized carbons (Fsp3) is 0.762. The zero-order valence-corrected chi connectivity index (χ0v) is 17.3. The smallest absolute Gasteiger partial charge is 0.272 e.